The number of sulfonamides is 1. The molecule has 0 N–H and O–H groups in total. The topological polar surface area (TPSA) is 63.7 Å². The number of esters is 1. The average Bonchev–Trinajstić information content (AvgIpc) is 2.33. The number of hydrogen-bond donors (Lipinski definition) is 0. The van der Waals surface area contributed by atoms with Crippen LogP contribution in [0.3, 0.4) is 0 Å². The minimum absolute atomic E-state index is 0.268. The van der Waals surface area contributed by atoms with E-state index in [0.29, 0.717) is 4.31 Å². The first kappa shape index (κ1) is 16.4. The molecule has 0 bridgehead atoms. The van der Waals surface area contributed by atoms with Crippen LogP contribution in [-0.2, 0) is 19.6 Å². The summed E-state index contributed by atoms with van der Waals surface area (Å²) in [5, 5.41) is 0. The highest BCUT2D eigenvalue weighted by Gasteiger charge is 2.29. The molecule has 1 rings (SSSR count). The maximum absolute atomic E-state index is 13.5. The fraction of sp³-hybridized carbons (Fsp3) is 0.364. The van der Waals surface area contributed by atoms with Gasteiger partial charge in [0.05, 0.1) is 13.5 Å². The molecule has 0 aliphatic carbocycles. The van der Waals surface area contributed by atoms with Crippen LogP contribution in [0.15, 0.2) is 17.0 Å². The highest BCUT2D eigenvalue weighted by atomic mass is 32.2. The predicted molar refractivity (Wildman–Crippen MR) is 62.8 cm³/mol. The Morgan fingerprint density at radius 2 is 1.75 bits per heavy atom. The predicted octanol–water partition coefficient (Wildman–Crippen LogP) is 1.29. The minimum atomic E-state index is -4.51. The smallest absolute Gasteiger partial charge is 0.306 e. The summed E-state index contributed by atoms with van der Waals surface area (Å²) in [6.07, 6.45) is -0.281. The van der Waals surface area contributed by atoms with Crippen molar-refractivity contribution in [2.24, 2.45) is 0 Å². The first-order valence-electron chi connectivity index (χ1n) is 5.38. The van der Waals surface area contributed by atoms with Gasteiger partial charge in [0.1, 0.15) is 17.5 Å². The fourth-order valence-corrected chi connectivity index (χ4v) is 2.66. The molecule has 0 fully saturated rings. The Morgan fingerprint density at radius 3 is 2.20 bits per heavy atom. The van der Waals surface area contributed by atoms with Gasteiger partial charge in [0.25, 0.3) is 0 Å². The molecular weight excluding hydrogens is 299 g/mol. The van der Waals surface area contributed by atoms with Gasteiger partial charge >= 0.3 is 5.97 Å². The van der Waals surface area contributed by atoms with Crippen molar-refractivity contribution in [1.29, 1.82) is 0 Å². The SMILES string of the molecule is COC(=O)CCN(C)S(=O)(=O)c1c(F)cc(F)cc1F. The average molecular weight is 311 g/mol. The zero-order valence-corrected chi connectivity index (χ0v) is 11.5. The molecule has 0 saturated carbocycles. The molecule has 0 aliphatic rings. The number of methoxy groups -OCH3 is 1. The Bertz CT molecular complexity index is 595. The van der Waals surface area contributed by atoms with Crippen molar-refractivity contribution in [1.82, 2.24) is 4.31 Å². The fourth-order valence-electron chi connectivity index (χ4n) is 1.40. The van der Waals surface area contributed by atoms with Gasteiger partial charge < -0.3 is 4.74 Å². The van der Waals surface area contributed by atoms with Gasteiger partial charge in [-0.3, -0.25) is 4.79 Å². The van der Waals surface area contributed by atoms with Crippen LogP contribution in [0.25, 0.3) is 0 Å². The van der Waals surface area contributed by atoms with Gasteiger partial charge in [0, 0.05) is 25.7 Å². The van der Waals surface area contributed by atoms with Crippen molar-refractivity contribution in [3.8, 4) is 0 Å². The van der Waals surface area contributed by atoms with Gasteiger partial charge in [0.15, 0.2) is 4.90 Å². The first-order valence-corrected chi connectivity index (χ1v) is 6.82. The van der Waals surface area contributed by atoms with Crippen molar-refractivity contribution in [2.75, 3.05) is 20.7 Å². The summed E-state index contributed by atoms with van der Waals surface area (Å²) >= 11 is 0. The van der Waals surface area contributed by atoms with Crippen LogP contribution >= 0.6 is 0 Å². The second-order valence-electron chi connectivity index (χ2n) is 3.85. The summed E-state index contributed by atoms with van der Waals surface area (Å²) in [6, 6.07) is 0.536. The van der Waals surface area contributed by atoms with Crippen molar-refractivity contribution in [3.63, 3.8) is 0 Å². The molecule has 112 valence electrons. The second kappa shape index (κ2) is 6.23. The molecule has 5 nitrogen and oxygen atoms in total. The van der Waals surface area contributed by atoms with Crippen LogP contribution in [0.1, 0.15) is 6.42 Å². The number of benzene rings is 1. The molecule has 0 aliphatic heterocycles. The number of rotatable bonds is 5. The van der Waals surface area contributed by atoms with E-state index in [1.165, 1.54) is 0 Å². The Balaban J connectivity index is 3.08. The van der Waals surface area contributed by atoms with Gasteiger partial charge in [-0.25, -0.2) is 25.9 Å². The maximum Gasteiger partial charge on any atom is 0.306 e. The van der Waals surface area contributed by atoms with Crippen LogP contribution in [0.4, 0.5) is 13.2 Å². The van der Waals surface area contributed by atoms with Gasteiger partial charge in [-0.1, -0.05) is 0 Å². The lowest BCUT2D eigenvalue weighted by atomic mass is 10.3. The van der Waals surface area contributed by atoms with Crippen LogP contribution in [0, 0.1) is 17.5 Å². The molecule has 0 heterocycles. The van der Waals surface area contributed by atoms with Crippen molar-refractivity contribution in [3.05, 3.63) is 29.6 Å². The second-order valence-corrected chi connectivity index (χ2v) is 5.83. The number of halogens is 3. The van der Waals surface area contributed by atoms with Crippen molar-refractivity contribution >= 4 is 16.0 Å². The summed E-state index contributed by atoms with van der Waals surface area (Å²) in [5.41, 5.74) is 0. The molecule has 0 unspecified atom stereocenters. The minimum Gasteiger partial charge on any atom is -0.469 e. The Hall–Kier alpha value is -1.61. The third-order valence-corrected chi connectivity index (χ3v) is 4.40. The lowest BCUT2D eigenvalue weighted by Crippen LogP contribution is -2.30. The van der Waals surface area contributed by atoms with Crippen LogP contribution in [0.5, 0.6) is 0 Å². The summed E-state index contributed by atoms with van der Waals surface area (Å²) in [5.74, 6) is -4.97. The van der Waals surface area contributed by atoms with E-state index in [1.807, 2.05) is 0 Å². The lowest BCUT2D eigenvalue weighted by molar-refractivity contribution is -0.140. The number of hydrogen-bond acceptors (Lipinski definition) is 4. The van der Waals surface area contributed by atoms with E-state index >= 15 is 0 Å². The van der Waals surface area contributed by atoms with E-state index in [0.717, 1.165) is 14.2 Å². The van der Waals surface area contributed by atoms with Gasteiger partial charge in [-0.2, -0.15) is 0 Å². The van der Waals surface area contributed by atoms with Gasteiger partial charge in [0.2, 0.25) is 10.0 Å². The third kappa shape index (κ3) is 3.48. The molecule has 1 aromatic carbocycles. The zero-order chi connectivity index (χ0) is 15.5. The van der Waals surface area contributed by atoms with E-state index in [4.69, 9.17) is 0 Å². The van der Waals surface area contributed by atoms with Crippen LogP contribution in [0.2, 0.25) is 0 Å². The van der Waals surface area contributed by atoms with Crippen LogP contribution < -0.4 is 0 Å². The molecule has 0 radical (unpaired) electrons. The van der Waals surface area contributed by atoms with E-state index < -0.39 is 38.3 Å². The molecule has 9 heteroatoms. The first-order chi connectivity index (χ1) is 9.20. The molecule has 0 aromatic heterocycles. The summed E-state index contributed by atoms with van der Waals surface area (Å²) < 4.78 is 68.5. The molecule has 0 atom stereocenters. The van der Waals surface area contributed by atoms with E-state index in [9.17, 15) is 26.4 Å². The molecule has 20 heavy (non-hydrogen) atoms. The monoisotopic (exact) mass is 311 g/mol. The number of ether oxygens (including phenoxy) is 1. The van der Waals surface area contributed by atoms with Gasteiger partial charge in [-0.15, -0.1) is 0 Å². The van der Waals surface area contributed by atoms with E-state index in [1.54, 1.807) is 0 Å². The van der Waals surface area contributed by atoms with Crippen LogP contribution in [-0.4, -0.2) is 39.4 Å². The summed E-state index contributed by atoms with van der Waals surface area (Å²) in [4.78, 5) is 9.66. The zero-order valence-electron chi connectivity index (χ0n) is 10.7. The van der Waals surface area contributed by atoms with E-state index in [2.05, 4.69) is 4.74 Å². The number of nitrogens with zero attached hydrogens (tertiary/aromatic N) is 1. The molecule has 0 saturated heterocycles. The summed E-state index contributed by atoms with van der Waals surface area (Å²) in [6.45, 7) is -0.328. The summed E-state index contributed by atoms with van der Waals surface area (Å²) in [7, 11) is -2.35. The van der Waals surface area contributed by atoms with E-state index in [-0.39, 0.29) is 25.1 Å². The normalized spacial score (nSPS) is 11.7. The number of carbonyl (C=O) groups excluding carboxylic acids is 1. The van der Waals surface area contributed by atoms with Crippen molar-refractivity contribution in [2.45, 2.75) is 11.3 Å². The molecule has 0 spiro atoms. The van der Waals surface area contributed by atoms with Crippen molar-refractivity contribution < 1.29 is 31.1 Å². The molecular formula is C11H12F3NO4S. The van der Waals surface area contributed by atoms with Gasteiger partial charge in [-0.05, 0) is 0 Å². The third-order valence-electron chi connectivity index (χ3n) is 2.49. The quantitative estimate of drug-likeness (QED) is 0.769. The molecule has 0 amide bonds. The lowest BCUT2D eigenvalue weighted by Gasteiger charge is -2.17. The standard InChI is InChI=1S/C11H12F3NO4S/c1-15(4-3-10(16)19-2)20(17,18)11-8(13)5-7(12)6-9(11)14/h5-6H,3-4H2,1-2H3. The number of carbonyl (C=O) groups is 1. The highest BCUT2D eigenvalue weighted by Crippen LogP contribution is 2.23. The Morgan fingerprint density at radius 1 is 1.25 bits per heavy atom. The maximum atomic E-state index is 13.5. The Kier molecular flexibility index (Phi) is 5.12. The Labute approximate surface area is 114 Å². The molecule has 1 aromatic rings. The largest absolute Gasteiger partial charge is 0.469 e. The highest BCUT2D eigenvalue weighted by molar-refractivity contribution is 7.89.